The highest BCUT2D eigenvalue weighted by molar-refractivity contribution is 6.42. The van der Waals surface area contributed by atoms with Gasteiger partial charge in [0.05, 0.1) is 16.5 Å². The third-order valence-electron chi connectivity index (χ3n) is 5.37. The van der Waals surface area contributed by atoms with Gasteiger partial charge in [0.25, 0.3) is 0 Å². The van der Waals surface area contributed by atoms with Gasteiger partial charge in [-0.15, -0.1) is 0 Å². The lowest BCUT2D eigenvalue weighted by Crippen LogP contribution is -2.54. The first-order chi connectivity index (χ1) is 16.5. The Morgan fingerprint density at radius 2 is 1.51 bits per heavy atom. The molecular weight excluding hydrogens is 486 g/mol. The maximum Gasteiger partial charge on any atom is 0.243 e. The van der Waals surface area contributed by atoms with Crippen LogP contribution in [0.15, 0.2) is 72.8 Å². The van der Waals surface area contributed by atoms with E-state index in [1.54, 1.807) is 35.2 Å². The van der Waals surface area contributed by atoms with E-state index in [0.29, 0.717) is 22.0 Å². The molecule has 0 fully saturated rings. The number of hydrogen-bond acceptors (Lipinski definition) is 2. The summed E-state index contributed by atoms with van der Waals surface area (Å²) in [4.78, 5) is 28.7. The molecule has 3 aromatic carbocycles. The first-order valence-corrected chi connectivity index (χ1v) is 12.1. The lowest BCUT2D eigenvalue weighted by atomic mass is 10.00. The number of amides is 2. The van der Waals surface area contributed by atoms with Gasteiger partial charge in [0.2, 0.25) is 11.8 Å². The van der Waals surface area contributed by atoms with Crippen molar-refractivity contribution in [2.45, 2.75) is 51.7 Å². The zero-order valence-corrected chi connectivity index (χ0v) is 21.5. The highest BCUT2D eigenvalue weighted by atomic mass is 35.5. The molecule has 0 aliphatic carbocycles. The number of carbonyl (C=O) groups is 2. The van der Waals surface area contributed by atoms with Gasteiger partial charge in [0.15, 0.2) is 0 Å². The van der Waals surface area contributed by atoms with Crippen LogP contribution in [0.5, 0.6) is 0 Å². The molecule has 0 aliphatic rings. The zero-order chi connectivity index (χ0) is 25.6. The van der Waals surface area contributed by atoms with Crippen molar-refractivity contribution >= 4 is 35.0 Å². The molecule has 0 aliphatic heterocycles. The minimum absolute atomic E-state index is 0.0339. The summed E-state index contributed by atoms with van der Waals surface area (Å²) < 4.78 is 13.5. The van der Waals surface area contributed by atoms with Crippen LogP contribution in [0, 0.1) is 5.82 Å². The van der Waals surface area contributed by atoms with Gasteiger partial charge in [-0.2, -0.15) is 0 Å². The molecule has 3 rings (SSSR count). The summed E-state index contributed by atoms with van der Waals surface area (Å²) in [6.45, 7) is 5.83. The smallest absolute Gasteiger partial charge is 0.243 e. The summed E-state index contributed by atoms with van der Waals surface area (Å²) in [5.41, 5.74) is 1.84. The maximum atomic E-state index is 13.7. The van der Waals surface area contributed by atoms with Crippen molar-refractivity contribution in [2.75, 3.05) is 0 Å². The summed E-state index contributed by atoms with van der Waals surface area (Å²) in [5, 5.41) is 3.77. The molecule has 7 heteroatoms. The van der Waals surface area contributed by atoms with Crippen molar-refractivity contribution in [3.8, 4) is 0 Å². The van der Waals surface area contributed by atoms with Gasteiger partial charge in [-0.3, -0.25) is 9.59 Å². The van der Waals surface area contributed by atoms with E-state index >= 15 is 0 Å². The second kappa shape index (κ2) is 11.7. The third kappa shape index (κ3) is 8.08. The quantitative estimate of drug-likeness (QED) is 0.387. The molecule has 1 atom stereocenters. The van der Waals surface area contributed by atoms with Crippen LogP contribution in [0.1, 0.15) is 37.5 Å². The lowest BCUT2D eigenvalue weighted by molar-refractivity contribution is -0.141. The molecule has 2 amide bonds. The third-order valence-corrected chi connectivity index (χ3v) is 6.11. The van der Waals surface area contributed by atoms with Gasteiger partial charge in [-0.1, -0.05) is 71.7 Å². The van der Waals surface area contributed by atoms with Crippen LogP contribution in [0.3, 0.4) is 0 Å². The minimum atomic E-state index is -0.781. The topological polar surface area (TPSA) is 49.4 Å². The summed E-state index contributed by atoms with van der Waals surface area (Å²) in [5.74, 6) is -0.877. The average molecular weight is 515 g/mol. The van der Waals surface area contributed by atoms with Crippen molar-refractivity contribution in [3.05, 3.63) is 105 Å². The summed E-state index contributed by atoms with van der Waals surface area (Å²) in [6, 6.07) is 19.7. The van der Waals surface area contributed by atoms with E-state index in [9.17, 15) is 14.0 Å². The Kier molecular flexibility index (Phi) is 8.92. The molecule has 0 bridgehead atoms. The summed E-state index contributed by atoms with van der Waals surface area (Å²) in [6.07, 6.45) is 0.364. The number of rotatable bonds is 8. The first-order valence-electron chi connectivity index (χ1n) is 11.4. The summed E-state index contributed by atoms with van der Waals surface area (Å²) in [7, 11) is 0. The van der Waals surface area contributed by atoms with Crippen molar-refractivity contribution in [1.82, 2.24) is 10.2 Å². The lowest BCUT2D eigenvalue weighted by Gasteiger charge is -2.34. The van der Waals surface area contributed by atoms with E-state index in [0.717, 1.165) is 11.1 Å². The Labute approximate surface area is 216 Å². The van der Waals surface area contributed by atoms with Crippen LogP contribution in [0.4, 0.5) is 4.39 Å². The van der Waals surface area contributed by atoms with Gasteiger partial charge in [0, 0.05) is 18.5 Å². The molecule has 4 nitrogen and oxygen atoms in total. The Bertz CT molecular complexity index is 1160. The minimum Gasteiger partial charge on any atom is -0.350 e. The number of carbonyl (C=O) groups excluding carboxylic acids is 2. The molecule has 0 spiro atoms. The van der Waals surface area contributed by atoms with Gasteiger partial charge in [-0.05, 0) is 61.7 Å². The number of benzene rings is 3. The number of halogens is 3. The second-order valence-electron chi connectivity index (χ2n) is 9.52. The first kappa shape index (κ1) is 26.7. The number of nitrogens with zero attached hydrogens (tertiary/aromatic N) is 1. The Morgan fingerprint density at radius 1 is 0.886 bits per heavy atom. The zero-order valence-electron chi connectivity index (χ0n) is 20.0. The van der Waals surface area contributed by atoms with E-state index in [4.69, 9.17) is 23.2 Å². The van der Waals surface area contributed by atoms with Gasteiger partial charge in [0.1, 0.15) is 11.9 Å². The monoisotopic (exact) mass is 514 g/mol. The van der Waals surface area contributed by atoms with E-state index in [-0.39, 0.29) is 30.6 Å². The molecule has 3 aromatic rings. The van der Waals surface area contributed by atoms with Gasteiger partial charge >= 0.3 is 0 Å². The molecule has 0 radical (unpaired) electrons. The molecule has 1 N–H and O–H groups in total. The molecule has 0 unspecified atom stereocenters. The van der Waals surface area contributed by atoms with E-state index in [1.807, 2.05) is 51.1 Å². The van der Waals surface area contributed by atoms with Crippen LogP contribution >= 0.6 is 23.2 Å². The Balaban J connectivity index is 1.99. The molecule has 0 heterocycles. The molecular formula is C28H29Cl2FN2O2. The predicted octanol–water partition coefficient (Wildman–Crippen LogP) is 6.23. The van der Waals surface area contributed by atoms with E-state index < -0.39 is 11.6 Å². The Hall–Kier alpha value is -2.89. The molecule has 184 valence electrons. The second-order valence-corrected chi connectivity index (χ2v) is 10.3. The van der Waals surface area contributed by atoms with Crippen molar-refractivity contribution in [1.29, 1.82) is 0 Å². The molecule has 0 saturated heterocycles. The van der Waals surface area contributed by atoms with Gasteiger partial charge < -0.3 is 10.2 Å². The highest BCUT2D eigenvalue weighted by Crippen LogP contribution is 2.24. The van der Waals surface area contributed by atoms with Crippen molar-refractivity contribution in [3.63, 3.8) is 0 Å². The largest absolute Gasteiger partial charge is 0.350 e. The SMILES string of the molecule is CC(C)(C)NC(=O)[C@@H](Cc1ccccc1)N(Cc1ccc(F)cc1)C(=O)Cc1ccc(Cl)c(Cl)c1. The van der Waals surface area contributed by atoms with Crippen molar-refractivity contribution < 1.29 is 14.0 Å². The van der Waals surface area contributed by atoms with E-state index in [2.05, 4.69) is 5.32 Å². The normalized spacial score (nSPS) is 12.2. The fourth-order valence-electron chi connectivity index (χ4n) is 3.72. The highest BCUT2D eigenvalue weighted by Gasteiger charge is 2.32. The van der Waals surface area contributed by atoms with Gasteiger partial charge in [-0.25, -0.2) is 4.39 Å². The van der Waals surface area contributed by atoms with Crippen LogP contribution in [0.2, 0.25) is 10.0 Å². The fourth-order valence-corrected chi connectivity index (χ4v) is 4.04. The molecule has 0 saturated carbocycles. The van der Waals surface area contributed by atoms with Crippen LogP contribution in [-0.4, -0.2) is 28.3 Å². The van der Waals surface area contributed by atoms with Crippen molar-refractivity contribution in [2.24, 2.45) is 0 Å². The van der Waals surface area contributed by atoms with E-state index in [1.165, 1.54) is 12.1 Å². The molecule has 35 heavy (non-hydrogen) atoms. The number of hydrogen-bond donors (Lipinski definition) is 1. The Morgan fingerprint density at radius 3 is 2.11 bits per heavy atom. The fraction of sp³-hybridized carbons (Fsp3) is 0.286. The molecule has 0 aromatic heterocycles. The predicted molar refractivity (Wildman–Crippen MR) is 139 cm³/mol. The van der Waals surface area contributed by atoms with Crippen LogP contribution < -0.4 is 5.32 Å². The number of nitrogens with one attached hydrogen (secondary N) is 1. The standard InChI is InChI=1S/C28H29Cl2FN2O2/c1-28(2,3)32-27(35)25(16-19-7-5-4-6-8-19)33(18-20-9-12-22(31)13-10-20)26(34)17-21-11-14-23(29)24(30)15-21/h4-15,25H,16-18H2,1-3H3,(H,32,35)/t25-/m1/s1. The summed E-state index contributed by atoms with van der Waals surface area (Å²) >= 11 is 12.2. The van der Waals surface area contributed by atoms with Crippen LogP contribution in [-0.2, 0) is 29.0 Å². The average Bonchev–Trinajstić information content (AvgIpc) is 2.79. The van der Waals surface area contributed by atoms with Crippen LogP contribution in [0.25, 0.3) is 0 Å². The maximum absolute atomic E-state index is 13.7.